The molecule has 0 bridgehead atoms. The van der Waals surface area contributed by atoms with Gasteiger partial charge in [-0.2, -0.15) is 0 Å². The summed E-state index contributed by atoms with van der Waals surface area (Å²) in [5.74, 6) is -1.39. The Kier molecular flexibility index (Phi) is 3.34. The Morgan fingerprint density at radius 2 is 2.22 bits per heavy atom. The zero-order valence-electron chi connectivity index (χ0n) is 9.42. The standard InChI is InChI=1S/C12H9ClFNO3/c1-2-18-12(17)8-5-15-10-7(11(8)16)3-6(14)4-9(10)13/h3-5H,2H2,1H3,(H,15,16). The number of rotatable bonds is 2. The number of benzene rings is 1. The normalized spacial score (nSPS) is 10.6. The van der Waals surface area contributed by atoms with Gasteiger partial charge in [-0.15, -0.1) is 0 Å². The summed E-state index contributed by atoms with van der Waals surface area (Å²) in [5, 5.41) is 0.100. The smallest absolute Gasteiger partial charge is 0.343 e. The molecule has 0 radical (unpaired) electrons. The molecular formula is C12H9ClFNO3. The molecule has 1 aromatic heterocycles. The summed E-state index contributed by atoms with van der Waals surface area (Å²) in [6.45, 7) is 1.78. The Balaban J connectivity index is 2.71. The van der Waals surface area contributed by atoms with Crippen LogP contribution in [0, 0.1) is 5.82 Å². The minimum atomic E-state index is -0.749. The van der Waals surface area contributed by atoms with E-state index in [0.717, 1.165) is 12.1 Å². The molecule has 2 rings (SSSR count). The highest BCUT2D eigenvalue weighted by Gasteiger charge is 2.15. The van der Waals surface area contributed by atoms with Crippen molar-refractivity contribution in [1.29, 1.82) is 0 Å². The number of fused-ring (bicyclic) bond motifs is 1. The number of hydrogen-bond acceptors (Lipinski definition) is 3. The maximum Gasteiger partial charge on any atom is 0.343 e. The maximum atomic E-state index is 13.2. The highest BCUT2D eigenvalue weighted by atomic mass is 35.5. The van der Waals surface area contributed by atoms with E-state index in [1.807, 2.05) is 0 Å². The van der Waals surface area contributed by atoms with Crippen LogP contribution in [0.2, 0.25) is 5.02 Å². The molecule has 1 N–H and O–H groups in total. The van der Waals surface area contributed by atoms with Crippen LogP contribution in [-0.4, -0.2) is 17.6 Å². The second kappa shape index (κ2) is 4.78. The van der Waals surface area contributed by atoms with Gasteiger partial charge in [0.2, 0.25) is 5.43 Å². The molecule has 0 unspecified atom stereocenters. The summed E-state index contributed by atoms with van der Waals surface area (Å²) >= 11 is 5.80. The van der Waals surface area contributed by atoms with Gasteiger partial charge in [0.15, 0.2) is 0 Å². The molecule has 0 aliphatic carbocycles. The number of pyridine rings is 1. The summed E-state index contributed by atoms with van der Waals surface area (Å²) in [4.78, 5) is 26.2. The third-order valence-corrected chi connectivity index (χ3v) is 2.70. The first-order valence-electron chi connectivity index (χ1n) is 5.22. The molecule has 0 spiro atoms. The SMILES string of the molecule is CCOC(=O)c1c[nH]c2c(Cl)cc(F)cc2c1=O. The van der Waals surface area contributed by atoms with Crippen LogP contribution >= 0.6 is 11.6 Å². The van der Waals surface area contributed by atoms with E-state index in [2.05, 4.69) is 4.98 Å². The number of esters is 1. The number of aromatic amines is 1. The fourth-order valence-electron chi connectivity index (χ4n) is 1.61. The highest BCUT2D eigenvalue weighted by molar-refractivity contribution is 6.35. The molecule has 6 heteroatoms. The van der Waals surface area contributed by atoms with E-state index in [4.69, 9.17) is 16.3 Å². The van der Waals surface area contributed by atoms with Crippen LogP contribution in [0.4, 0.5) is 4.39 Å². The van der Waals surface area contributed by atoms with E-state index in [1.54, 1.807) is 6.92 Å². The number of carbonyl (C=O) groups is 1. The topological polar surface area (TPSA) is 59.2 Å². The quantitative estimate of drug-likeness (QED) is 0.852. The number of ether oxygens (including phenoxy) is 1. The maximum absolute atomic E-state index is 13.2. The molecule has 0 saturated heterocycles. The van der Waals surface area contributed by atoms with E-state index in [9.17, 15) is 14.0 Å². The van der Waals surface area contributed by atoms with Crippen molar-refractivity contribution in [3.05, 3.63) is 45.0 Å². The van der Waals surface area contributed by atoms with Crippen molar-refractivity contribution in [2.24, 2.45) is 0 Å². The van der Waals surface area contributed by atoms with Gasteiger partial charge in [0.1, 0.15) is 11.4 Å². The fraction of sp³-hybridized carbons (Fsp3) is 0.167. The largest absolute Gasteiger partial charge is 0.462 e. The molecule has 0 fully saturated rings. The molecule has 94 valence electrons. The monoisotopic (exact) mass is 269 g/mol. The Bertz CT molecular complexity index is 681. The molecule has 0 aliphatic heterocycles. The predicted octanol–water partition coefficient (Wildman–Crippen LogP) is 2.50. The predicted molar refractivity (Wildman–Crippen MR) is 65.5 cm³/mol. The van der Waals surface area contributed by atoms with Crippen molar-refractivity contribution in [1.82, 2.24) is 4.98 Å². The number of aromatic nitrogens is 1. The van der Waals surface area contributed by atoms with E-state index in [1.165, 1.54) is 6.20 Å². The van der Waals surface area contributed by atoms with Crippen LogP contribution in [0.15, 0.2) is 23.1 Å². The van der Waals surface area contributed by atoms with Crippen molar-refractivity contribution in [2.75, 3.05) is 6.61 Å². The second-order valence-electron chi connectivity index (χ2n) is 3.56. The average molecular weight is 270 g/mol. The molecule has 1 aromatic carbocycles. The Labute approximate surface area is 106 Å². The van der Waals surface area contributed by atoms with Gasteiger partial charge in [-0.3, -0.25) is 4.79 Å². The molecule has 0 atom stereocenters. The zero-order chi connectivity index (χ0) is 13.3. The summed E-state index contributed by atoms with van der Waals surface area (Å²) in [7, 11) is 0. The van der Waals surface area contributed by atoms with Crippen molar-refractivity contribution in [2.45, 2.75) is 6.92 Å². The Morgan fingerprint density at radius 1 is 1.50 bits per heavy atom. The van der Waals surface area contributed by atoms with E-state index in [0.29, 0.717) is 0 Å². The van der Waals surface area contributed by atoms with Crippen LogP contribution in [0.5, 0.6) is 0 Å². The van der Waals surface area contributed by atoms with Crippen LogP contribution in [0.3, 0.4) is 0 Å². The van der Waals surface area contributed by atoms with Gasteiger partial charge in [0.05, 0.1) is 22.5 Å². The third kappa shape index (κ3) is 2.09. The first-order chi connectivity index (χ1) is 8.54. The third-order valence-electron chi connectivity index (χ3n) is 2.40. The summed E-state index contributed by atoms with van der Waals surface area (Å²) in [6, 6.07) is 2.12. The van der Waals surface area contributed by atoms with Crippen molar-refractivity contribution >= 4 is 28.5 Å². The van der Waals surface area contributed by atoms with E-state index >= 15 is 0 Å². The lowest BCUT2D eigenvalue weighted by molar-refractivity contribution is 0.0524. The first kappa shape index (κ1) is 12.6. The van der Waals surface area contributed by atoms with Crippen LogP contribution in [0.1, 0.15) is 17.3 Å². The molecule has 0 aliphatic rings. The lowest BCUT2D eigenvalue weighted by atomic mass is 10.1. The second-order valence-corrected chi connectivity index (χ2v) is 3.97. The molecule has 4 nitrogen and oxygen atoms in total. The minimum Gasteiger partial charge on any atom is -0.462 e. The van der Waals surface area contributed by atoms with E-state index < -0.39 is 17.2 Å². The van der Waals surface area contributed by atoms with Crippen LogP contribution < -0.4 is 5.43 Å². The minimum absolute atomic E-state index is 0.0190. The van der Waals surface area contributed by atoms with Crippen molar-refractivity contribution < 1.29 is 13.9 Å². The number of hydrogen-bond donors (Lipinski definition) is 1. The van der Waals surface area contributed by atoms with Gasteiger partial charge in [-0.05, 0) is 19.1 Å². The van der Waals surface area contributed by atoms with Gasteiger partial charge in [-0.1, -0.05) is 11.6 Å². The van der Waals surface area contributed by atoms with Crippen LogP contribution in [0.25, 0.3) is 10.9 Å². The number of nitrogens with one attached hydrogen (secondary N) is 1. The lowest BCUT2D eigenvalue weighted by Crippen LogP contribution is -2.18. The van der Waals surface area contributed by atoms with Gasteiger partial charge < -0.3 is 9.72 Å². The van der Waals surface area contributed by atoms with E-state index in [-0.39, 0.29) is 28.1 Å². The van der Waals surface area contributed by atoms with Gasteiger partial charge in [-0.25, -0.2) is 9.18 Å². The van der Waals surface area contributed by atoms with Crippen molar-refractivity contribution in [3.63, 3.8) is 0 Å². The van der Waals surface area contributed by atoms with Crippen LogP contribution in [-0.2, 0) is 4.74 Å². The summed E-state index contributed by atoms with van der Waals surface area (Å²) in [6.07, 6.45) is 1.21. The Hall–Kier alpha value is -1.88. The number of halogens is 2. The van der Waals surface area contributed by atoms with Gasteiger partial charge in [0.25, 0.3) is 0 Å². The summed E-state index contributed by atoms with van der Waals surface area (Å²) in [5.41, 5.74) is -0.495. The average Bonchev–Trinajstić information content (AvgIpc) is 2.30. The molecular weight excluding hydrogens is 261 g/mol. The Morgan fingerprint density at radius 3 is 2.89 bits per heavy atom. The number of H-pyrrole nitrogens is 1. The molecule has 2 aromatic rings. The summed E-state index contributed by atoms with van der Waals surface area (Å²) < 4.78 is 17.9. The fourth-order valence-corrected chi connectivity index (χ4v) is 1.88. The lowest BCUT2D eigenvalue weighted by Gasteiger charge is -2.04. The molecule has 18 heavy (non-hydrogen) atoms. The first-order valence-corrected chi connectivity index (χ1v) is 5.60. The van der Waals surface area contributed by atoms with Gasteiger partial charge in [0, 0.05) is 6.20 Å². The van der Waals surface area contributed by atoms with Gasteiger partial charge >= 0.3 is 5.97 Å². The molecule has 0 amide bonds. The highest BCUT2D eigenvalue weighted by Crippen LogP contribution is 2.21. The van der Waals surface area contributed by atoms with Crippen molar-refractivity contribution in [3.8, 4) is 0 Å². The number of carbonyl (C=O) groups excluding carboxylic acids is 1. The molecule has 1 heterocycles. The molecule has 0 saturated carbocycles. The zero-order valence-corrected chi connectivity index (χ0v) is 10.2.